The molecule has 0 aliphatic carbocycles. The number of para-hydroxylation sites is 1. The lowest BCUT2D eigenvalue weighted by Crippen LogP contribution is -2.26. The van der Waals surface area contributed by atoms with Gasteiger partial charge in [-0.25, -0.2) is 4.98 Å². The van der Waals surface area contributed by atoms with Crippen molar-refractivity contribution in [2.24, 2.45) is 0 Å². The molecule has 0 aliphatic heterocycles. The van der Waals surface area contributed by atoms with Crippen LogP contribution in [0.2, 0.25) is 0 Å². The van der Waals surface area contributed by atoms with Crippen LogP contribution < -0.4 is 5.32 Å². The molecule has 2 heterocycles. The van der Waals surface area contributed by atoms with Gasteiger partial charge in [0.2, 0.25) is 0 Å². The van der Waals surface area contributed by atoms with Gasteiger partial charge in [0.15, 0.2) is 0 Å². The van der Waals surface area contributed by atoms with Crippen LogP contribution in [0, 0.1) is 10.1 Å². The number of amides is 1. The molecule has 140 valence electrons. The first-order valence-corrected chi connectivity index (χ1v) is 8.59. The Balaban J connectivity index is 1.59. The fourth-order valence-corrected chi connectivity index (χ4v) is 3.00. The summed E-state index contributed by atoms with van der Waals surface area (Å²) in [5.74, 6) is 0.187. The molecular weight excluding hydrogens is 360 g/mol. The Labute approximate surface area is 159 Å². The summed E-state index contributed by atoms with van der Waals surface area (Å²) in [7, 11) is 0. The zero-order valence-corrected chi connectivity index (χ0v) is 14.9. The molecule has 0 saturated heterocycles. The summed E-state index contributed by atoms with van der Waals surface area (Å²) < 4.78 is 7.29. The van der Waals surface area contributed by atoms with Crippen molar-refractivity contribution >= 4 is 22.6 Å². The van der Waals surface area contributed by atoms with Gasteiger partial charge in [-0.15, -0.1) is 0 Å². The molecule has 1 unspecified atom stereocenters. The summed E-state index contributed by atoms with van der Waals surface area (Å²) in [4.78, 5) is 27.5. The number of benzene rings is 2. The van der Waals surface area contributed by atoms with Gasteiger partial charge in [-0.05, 0) is 31.2 Å². The van der Waals surface area contributed by atoms with Crippen LogP contribution >= 0.6 is 0 Å². The molecule has 4 aromatic rings. The Hall–Kier alpha value is -3.94. The molecule has 0 spiro atoms. The Morgan fingerprint density at radius 1 is 1.25 bits per heavy atom. The third-order valence-corrected chi connectivity index (χ3v) is 4.44. The number of fused-ring (bicyclic) bond motifs is 1. The van der Waals surface area contributed by atoms with E-state index < -0.39 is 16.9 Å². The predicted octanol–water partition coefficient (Wildman–Crippen LogP) is 4.02. The summed E-state index contributed by atoms with van der Waals surface area (Å²) in [6.07, 6.45) is 4.59. The first-order valence-electron chi connectivity index (χ1n) is 8.59. The summed E-state index contributed by atoms with van der Waals surface area (Å²) in [5, 5.41) is 15.2. The molecule has 2 aromatic heterocycles. The highest BCUT2D eigenvalue weighted by molar-refractivity contribution is 5.95. The first kappa shape index (κ1) is 17.5. The summed E-state index contributed by atoms with van der Waals surface area (Å²) in [5.41, 5.74) is 1.09. The smallest absolute Gasteiger partial charge is 0.294 e. The summed E-state index contributed by atoms with van der Waals surface area (Å²) in [6.45, 7) is 1.80. The highest BCUT2D eigenvalue weighted by atomic mass is 16.6. The number of aromatic nitrogens is 2. The minimum absolute atomic E-state index is 0.179. The van der Waals surface area contributed by atoms with E-state index in [-0.39, 0.29) is 11.3 Å². The quantitative estimate of drug-likeness (QED) is 0.418. The van der Waals surface area contributed by atoms with Crippen LogP contribution in [0.4, 0.5) is 5.69 Å². The number of hydrogen-bond acceptors (Lipinski definition) is 5. The Morgan fingerprint density at radius 3 is 2.79 bits per heavy atom. The minimum atomic E-state index is -0.519. The molecule has 0 aliphatic rings. The van der Waals surface area contributed by atoms with Crippen LogP contribution in [0.5, 0.6) is 0 Å². The molecule has 1 N–H and O–H groups in total. The van der Waals surface area contributed by atoms with E-state index in [9.17, 15) is 14.9 Å². The lowest BCUT2D eigenvalue weighted by molar-refractivity contribution is -0.384. The van der Waals surface area contributed by atoms with E-state index in [0.717, 1.165) is 11.0 Å². The van der Waals surface area contributed by atoms with Crippen LogP contribution in [0.3, 0.4) is 0 Å². The molecule has 2 aromatic carbocycles. The van der Waals surface area contributed by atoms with Gasteiger partial charge in [-0.1, -0.05) is 18.2 Å². The monoisotopic (exact) mass is 376 g/mol. The topological polar surface area (TPSA) is 103 Å². The van der Waals surface area contributed by atoms with E-state index in [0.29, 0.717) is 11.4 Å². The fourth-order valence-electron chi connectivity index (χ4n) is 3.00. The number of hydrogen-bond donors (Lipinski definition) is 1. The number of carbonyl (C=O) groups excluding carboxylic acids is 1. The van der Waals surface area contributed by atoms with E-state index in [4.69, 9.17) is 4.42 Å². The van der Waals surface area contributed by atoms with Crippen LogP contribution in [-0.4, -0.2) is 20.4 Å². The first-order chi connectivity index (χ1) is 13.5. The van der Waals surface area contributed by atoms with Gasteiger partial charge in [0, 0.05) is 29.4 Å². The molecule has 1 atom stereocenters. The van der Waals surface area contributed by atoms with Crippen molar-refractivity contribution in [2.45, 2.75) is 13.0 Å². The zero-order valence-electron chi connectivity index (χ0n) is 14.9. The lowest BCUT2D eigenvalue weighted by Gasteiger charge is -2.12. The number of nitrogens with zero attached hydrogens (tertiary/aromatic N) is 3. The minimum Gasteiger partial charge on any atom is -0.459 e. The molecule has 0 fully saturated rings. The van der Waals surface area contributed by atoms with E-state index in [1.54, 1.807) is 19.2 Å². The molecule has 8 heteroatoms. The van der Waals surface area contributed by atoms with Crippen molar-refractivity contribution < 1.29 is 14.1 Å². The van der Waals surface area contributed by atoms with Crippen molar-refractivity contribution in [3.63, 3.8) is 0 Å². The average molecular weight is 376 g/mol. The molecule has 8 nitrogen and oxygen atoms in total. The average Bonchev–Trinajstić information content (AvgIpc) is 3.37. The third kappa shape index (κ3) is 3.23. The molecule has 1 amide bonds. The summed E-state index contributed by atoms with van der Waals surface area (Å²) in [6, 6.07) is 13.4. The Morgan fingerprint density at radius 2 is 2.07 bits per heavy atom. The maximum Gasteiger partial charge on any atom is 0.294 e. The maximum absolute atomic E-state index is 12.6. The number of carbonyl (C=O) groups is 1. The zero-order chi connectivity index (χ0) is 19.7. The van der Waals surface area contributed by atoms with Gasteiger partial charge in [0.1, 0.15) is 17.0 Å². The Bertz CT molecular complexity index is 1130. The largest absolute Gasteiger partial charge is 0.459 e. The second-order valence-electron chi connectivity index (χ2n) is 6.31. The maximum atomic E-state index is 12.6. The van der Waals surface area contributed by atoms with E-state index >= 15 is 0 Å². The Kier molecular flexibility index (Phi) is 4.36. The normalized spacial score (nSPS) is 12.0. The number of nitro groups is 1. The highest BCUT2D eigenvalue weighted by Crippen LogP contribution is 2.26. The van der Waals surface area contributed by atoms with Gasteiger partial charge in [-0.2, -0.15) is 0 Å². The molecule has 28 heavy (non-hydrogen) atoms. The molecule has 0 bridgehead atoms. The SMILES string of the molecule is CC(NC(=O)c1ccc(-n2ccnc2)c([N+](=O)[O-])c1)c1cc2ccccc2o1. The van der Waals surface area contributed by atoms with Gasteiger partial charge >= 0.3 is 0 Å². The van der Waals surface area contributed by atoms with Crippen molar-refractivity contribution in [2.75, 3.05) is 0 Å². The van der Waals surface area contributed by atoms with Gasteiger partial charge in [-0.3, -0.25) is 14.9 Å². The number of furan rings is 1. The van der Waals surface area contributed by atoms with E-state index in [1.165, 1.54) is 29.2 Å². The van der Waals surface area contributed by atoms with Gasteiger partial charge in [0.25, 0.3) is 11.6 Å². The molecule has 0 radical (unpaired) electrons. The van der Waals surface area contributed by atoms with Crippen LogP contribution in [0.15, 0.2) is 71.7 Å². The van der Waals surface area contributed by atoms with Crippen LogP contribution in [-0.2, 0) is 0 Å². The van der Waals surface area contributed by atoms with Crippen LogP contribution in [0.25, 0.3) is 16.7 Å². The fraction of sp³-hybridized carbons (Fsp3) is 0.100. The molecule has 4 rings (SSSR count). The third-order valence-electron chi connectivity index (χ3n) is 4.44. The number of nitro benzene ring substituents is 1. The number of rotatable bonds is 5. The second-order valence-corrected chi connectivity index (χ2v) is 6.31. The molecular formula is C20H16N4O4. The van der Waals surface area contributed by atoms with Crippen molar-refractivity contribution in [3.8, 4) is 5.69 Å². The van der Waals surface area contributed by atoms with Crippen molar-refractivity contribution in [3.05, 3.63) is 88.7 Å². The number of imidazole rings is 1. The van der Waals surface area contributed by atoms with Crippen molar-refractivity contribution in [1.82, 2.24) is 14.9 Å². The molecule has 0 saturated carbocycles. The second kappa shape index (κ2) is 6.99. The van der Waals surface area contributed by atoms with E-state index in [2.05, 4.69) is 10.3 Å². The van der Waals surface area contributed by atoms with Crippen LogP contribution in [0.1, 0.15) is 29.1 Å². The van der Waals surface area contributed by atoms with E-state index in [1.807, 2.05) is 30.3 Å². The van der Waals surface area contributed by atoms with Gasteiger partial charge in [0.05, 0.1) is 17.3 Å². The van der Waals surface area contributed by atoms with Gasteiger partial charge < -0.3 is 14.3 Å². The summed E-state index contributed by atoms with van der Waals surface area (Å²) >= 11 is 0. The standard InChI is InChI=1S/C20H16N4O4/c1-13(19-11-14-4-2-3-5-18(14)28-19)22-20(25)15-6-7-16(17(10-15)24(26)27)23-9-8-21-12-23/h2-13H,1H3,(H,22,25). The lowest BCUT2D eigenvalue weighted by atomic mass is 10.1. The van der Waals surface area contributed by atoms with Crippen molar-refractivity contribution in [1.29, 1.82) is 0 Å². The highest BCUT2D eigenvalue weighted by Gasteiger charge is 2.21. The predicted molar refractivity (Wildman–Crippen MR) is 102 cm³/mol. The number of nitrogens with one attached hydrogen (secondary N) is 1.